The maximum Gasteiger partial charge on any atom is 0.123 e. The van der Waals surface area contributed by atoms with Crippen LogP contribution in [0.4, 0.5) is 0 Å². The molecule has 0 aromatic rings. The predicted octanol–water partition coefficient (Wildman–Crippen LogP) is 0.656. The Morgan fingerprint density at radius 1 is 1.00 bits per heavy atom. The lowest BCUT2D eigenvalue weighted by Crippen LogP contribution is -2.09. The van der Waals surface area contributed by atoms with Crippen LogP contribution < -0.4 is 0 Å². The fourth-order valence-corrected chi connectivity index (χ4v) is 0.248. The van der Waals surface area contributed by atoms with Crippen LogP contribution in [-0.2, 0) is 9.59 Å². The van der Waals surface area contributed by atoms with Crippen molar-refractivity contribution in [1.29, 1.82) is 0 Å². The monoisotopic (exact) mass is 114 g/mol. The van der Waals surface area contributed by atoms with E-state index >= 15 is 0 Å². The Bertz CT molecular complexity index is 76.5. The van der Waals surface area contributed by atoms with E-state index in [0.717, 1.165) is 12.6 Å². The van der Waals surface area contributed by atoms with Gasteiger partial charge in [-0.05, 0) is 0 Å². The summed E-state index contributed by atoms with van der Waals surface area (Å²) >= 11 is 0. The fourth-order valence-electron chi connectivity index (χ4n) is 0.248. The molecule has 0 fully saturated rings. The molecule has 0 saturated heterocycles. The van der Waals surface area contributed by atoms with Crippen molar-refractivity contribution in [3.05, 3.63) is 0 Å². The second-order valence-corrected chi connectivity index (χ2v) is 1.99. The summed E-state index contributed by atoms with van der Waals surface area (Å²) in [5.74, 6) is -0.264. The van der Waals surface area contributed by atoms with Gasteiger partial charge in [0.1, 0.15) is 12.6 Å². The highest BCUT2D eigenvalue weighted by atomic mass is 16.1. The van der Waals surface area contributed by atoms with Gasteiger partial charge in [0.05, 0.1) is 0 Å². The van der Waals surface area contributed by atoms with Gasteiger partial charge in [-0.25, -0.2) is 0 Å². The lowest BCUT2D eigenvalue weighted by Gasteiger charge is -2.02. The van der Waals surface area contributed by atoms with Crippen molar-refractivity contribution in [2.75, 3.05) is 0 Å². The summed E-state index contributed by atoms with van der Waals surface area (Å²) in [5, 5.41) is 0. The molecule has 0 aliphatic heterocycles. The number of hydrogen-bond acceptors (Lipinski definition) is 2. The maximum absolute atomic E-state index is 9.95. The number of rotatable bonds is 3. The average molecular weight is 114 g/mol. The standard InChI is InChI=1S/C6H10O2/c1-5(3-7)6(2)4-8/h3-6H,1-2H3/t5-,6+. The molecule has 0 saturated carbocycles. The van der Waals surface area contributed by atoms with Gasteiger partial charge in [0.2, 0.25) is 0 Å². The van der Waals surface area contributed by atoms with Crippen LogP contribution in [0.5, 0.6) is 0 Å². The maximum atomic E-state index is 9.95. The van der Waals surface area contributed by atoms with Crippen LogP contribution in [0.1, 0.15) is 13.8 Å². The van der Waals surface area contributed by atoms with Crippen molar-refractivity contribution in [3.63, 3.8) is 0 Å². The molecule has 0 aromatic heterocycles. The van der Waals surface area contributed by atoms with E-state index in [2.05, 4.69) is 0 Å². The first-order valence-electron chi connectivity index (χ1n) is 2.63. The SMILES string of the molecule is C[C@H](C=O)[C@@H](C)C=O. The summed E-state index contributed by atoms with van der Waals surface area (Å²) in [6, 6.07) is 0. The summed E-state index contributed by atoms with van der Waals surface area (Å²) in [6.07, 6.45) is 1.58. The van der Waals surface area contributed by atoms with Crippen molar-refractivity contribution < 1.29 is 9.59 Å². The van der Waals surface area contributed by atoms with E-state index in [9.17, 15) is 9.59 Å². The molecule has 0 radical (unpaired) electrons. The number of carbonyl (C=O) groups is 2. The van der Waals surface area contributed by atoms with E-state index < -0.39 is 0 Å². The van der Waals surface area contributed by atoms with Crippen molar-refractivity contribution >= 4 is 12.6 Å². The molecule has 0 aromatic carbocycles. The quantitative estimate of drug-likeness (QED) is 0.505. The van der Waals surface area contributed by atoms with E-state index in [0.29, 0.717) is 0 Å². The first-order chi connectivity index (χ1) is 3.72. The van der Waals surface area contributed by atoms with Gasteiger partial charge in [-0.2, -0.15) is 0 Å². The van der Waals surface area contributed by atoms with E-state index in [-0.39, 0.29) is 11.8 Å². The highest BCUT2D eigenvalue weighted by molar-refractivity contribution is 5.63. The molecule has 0 spiro atoms. The second-order valence-electron chi connectivity index (χ2n) is 1.99. The average Bonchev–Trinajstić information content (AvgIpc) is 1.84. The molecule has 0 heterocycles. The van der Waals surface area contributed by atoms with Crippen molar-refractivity contribution in [2.45, 2.75) is 13.8 Å². The van der Waals surface area contributed by atoms with E-state index in [4.69, 9.17) is 0 Å². The molecule has 0 aliphatic carbocycles. The molecule has 2 nitrogen and oxygen atoms in total. The minimum Gasteiger partial charge on any atom is -0.303 e. The molecule has 0 N–H and O–H groups in total. The van der Waals surface area contributed by atoms with Crippen LogP contribution in [-0.4, -0.2) is 12.6 Å². The Labute approximate surface area is 48.9 Å². The predicted molar refractivity (Wildman–Crippen MR) is 30.5 cm³/mol. The molecule has 2 heteroatoms. The van der Waals surface area contributed by atoms with Gasteiger partial charge in [-0.3, -0.25) is 0 Å². The van der Waals surface area contributed by atoms with Gasteiger partial charge in [-0.15, -0.1) is 0 Å². The summed E-state index contributed by atoms with van der Waals surface area (Å²) in [7, 11) is 0. The van der Waals surface area contributed by atoms with Crippen LogP contribution in [0.3, 0.4) is 0 Å². The van der Waals surface area contributed by atoms with Crippen LogP contribution in [0.15, 0.2) is 0 Å². The first-order valence-corrected chi connectivity index (χ1v) is 2.63. The van der Waals surface area contributed by atoms with Gasteiger partial charge in [0.25, 0.3) is 0 Å². The largest absolute Gasteiger partial charge is 0.303 e. The highest BCUT2D eigenvalue weighted by Crippen LogP contribution is 2.02. The molecule has 0 rings (SSSR count). The summed E-state index contributed by atoms with van der Waals surface area (Å²) in [4.78, 5) is 19.9. The number of aldehydes is 2. The molecule has 2 atom stereocenters. The second kappa shape index (κ2) is 3.36. The molecular weight excluding hydrogens is 104 g/mol. The van der Waals surface area contributed by atoms with Crippen molar-refractivity contribution in [2.24, 2.45) is 11.8 Å². The van der Waals surface area contributed by atoms with Crippen LogP contribution in [0.25, 0.3) is 0 Å². The Hall–Kier alpha value is -0.660. The summed E-state index contributed by atoms with van der Waals surface area (Å²) in [5.41, 5.74) is 0. The minimum absolute atomic E-state index is 0.132. The lowest BCUT2D eigenvalue weighted by atomic mass is 10.00. The Morgan fingerprint density at radius 2 is 1.25 bits per heavy atom. The molecule has 0 unspecified atom stereocenters. The Balaban J connectivity index is 3.60. The lowest BCUT2D eigenvalue weighted by molar-refractivity contribution is -0.118. The highest BCUT2D eigenvalue weighted by Gasteiger charge is 2.07. The zero-order valence-electron chi connectivity index (χ0n) is 5.13. The Morgan fingerprint density at radius 3 is 1.38 bits per heavy atom. The van der Waals surface area contributed by atoms with Gasteiger partial charge < -0.3 is 9.59 Å². The summed E-state index contributed by atoms with van der Waals surface area (Å²) in [6.45, 7) is 3.46. The van der Waals surface area contributed by atoms with Crippen molar-refractivity contribution in [1.82, 2.24) is 0 Å². The zero-order chi connectivity index (χ0) is 6.57. The zero-order valence-corrected chi connectivity index (χ0v) is 5.13. The molecule has 46 valence electrons. The topological polar surface area (TPSA) is 34.1 Å². The van der Waals surface area contributed by atoms with Crippen LogP contribution in [0.2, 0.25) is 0 Å². The van der Waals surface area contributed by atoms with E-state index in [1.54, 1.807) is 13.8 Å². The third-order valence-corrected chi connectivity index (χ3v) is 1.26. The van der Waals surface area contributed by atoms with E-state index in [1.807, 2.05) is 0 Å². The third-order valence-electron chi connectivity index (χ3n) is 1.26. The van der Waals surface area contributed by atoms with Gasteiger partial charge >= 0.3 is 0 Å². The Kier molecular flexibility index (Phi) is 3.08. The van der Waals surface area contributed by atoms with Gasteiger partial charge in [0.15, 0.2) is 0 Å². The molecular formula is C6H10O2. The molecule has 0 amide bonds. The smallest absolute Gasteiger partial charge is 0.123 e. The normalized spacial score (nSPS) is 16.8. The van der Waals surface area contributed by atoms with E-state index in [1.165, 1.54) is 0 Å². The van der Waals surface area contributed by atoms with Gasteiger partial charge in [-0.1, -0.05) is 13.8 Å². The van der Waals surface area contributed by atoms with Crippen molar-refractivity contribution in [3.8, 4) is 0 Å². The third kappa shape index (κ3) is 1.87. The van der Waals surface area contributed by atoms with Gasteiger partial charge in [0, 0.05) is 11.8 Å². The molecule has 0 bridgehead atoms. The minimum atomic E-state index is -0.132. The fraction of sp³-hybridized carbons (Fsp3) is 0.667. The number of hydrogen-bond donors (Lipinski definition) is 0. The molecule has 8 heavy (non-hydrogen) atoms. The molecule has 0 aliphatic rings. The number of carbonyl (C=O) groups excluding carboxylic acids is 2. The summed E-state index contributed by atoms with van der Waals surface area (Å²) < 4.78 is 0. The van der Waals surface area contributed by atoms with Crippen LogP contribution in [0, 0.1) is 11.8 Å². The van der Waals surface area contributed by atoms with Crippen LogP contribution >= 0.6 is 0 Å². The first kappa shape index (κ1) is 7.34.